The summed E-state index contributed by atoms with van der Waals surface area (Å²) in [5.41, 5.74) is 0. The van der Waals surface area contributed by atoms with Gasteiger partial charge in [0.2, 0.25) is 0 Å². The standard InChI is InChI=1S/C5H7BN2O4/c1-11-5-4(12-6(9)10)2-7-3-8-5/h2-3,9-10H,1H3. The maximum absolute atomic E-state index is 8.45. The number of hydrogen-bond donors (Lipinski definition) is 2. The first-order valence-electron chi connectivity index (χ1n) is 3.11. The molecule has 0 atom stereocenters. The summed E-state index contributed by atoms with van der Waals surface area (Å²) in [5.74, 6) is 0.230. The predicted molar refractivity (Wildman–Crippen MR) is 39.4 cm³/mol. The Balaban J connectivity index is 2.82. The molecule has 0 amide bonds. The van der Waals surface area contributed by atoms with Crippen molar-refractivity contribution in [2.24, 2.45) is 0 Å². The Bertz CT molecular complexity index is 257. The molecule has 1 aromatic heterocycles. The Morgan fingerprint density at radius 1 is 1.50 bits per heavy atom. The minimum absolute atomic E-state index is 0.0787. The number of ether oxygens (including phenoxy) is 1. The van der Waals surface area contributed by atoms with Crippen LogP contribution in [-0.4, -0.2) is 34.4 Å². The molecule has 0 aliphatic rings. The molecule has 0 saturated carbocycles. The summed E-state index contributed by atoms with van der Waals surface area (Å²) in [7, 11) is -0.510. The van der Waals surface area contributed by atoms with Crippen LogP contribution in [0.15, 0.2) is 12.5 Å². The summed E-state index contributed by atoms with van der Waals surface area (Å²) in [4.78, 5) is 7.28. The summed E-state index contributed by atoms with van der Waals surface area (Å²) >= 11 is 0. The highest BCUT2D eigenvalue weighted by Crippen LogP contribution is 2.21. The first-order valence-corrected chi connectivity index (χ1v) is 3.11. The van der Waals surface area contributed by atoms with Gasteiger partial charge < -0.3 is 19.4 Å². The zero-order valence-corrected chi connectivity index (χ0v) is 6.34. The lowest BCUT2D eigenvalue weighted by atomic mass is 10.2. The Kier molecular flexibility index (Phi) is 2.84. The fraction of sp³-hybridized carbons (Fsp3) is 0.200. The van der Waals surface area contributed by atoms with E-state index in [1.165, 1.54) is 19.6 Å². The maximum Gasteiger partial charge on any atom is 0.707 e. The molecule has 64 valence electrons. The normalized spacial score (nSPS) is 9.25. The van der Waals surface area contributed by atoms with Crippen LogP contribution >= 0.6 is 0 Å². The van der Waals surface area contributed by atoms with Gasteiger partial charge in [-0.2, -0.15) is 4.98 Å². The molecule has 0 radical (unpaired) electrons. The van der Waals surface area contributed by atoms with Gasteiger partial charge in [0.1, 0.15) is 6.33 Å². The first-order chi connectivity index (χ1) is 5.74. The van der Waals surface area contributed by atoms with Gasteiger partial charge in [-0.15, -0.1) is 0 Å². The summed E-state index contributed by atoms with van der Waals surface area (Å²) in [6.45, 7) is 0. The Labute approximate surface area is 69.0 Å². The molecule has 6 nitrogen and oxygen atoms in total. The Morgan fingerprint density at radius 3 is 2.83 bits per heavy atom. The molecule has 0 bridgehead atoms. The smallest absolute Gasteiger partial charge is 0.507 e. The summed E-state index contributed by atoms with van der Waals surface area (Å²) in [6, 6.07) is 0. The molecule has 12 heavy (non-hydrogen) atoms. The molecule has 0 aliphatic carbocycles. The first kappa shape index (κ1) is 8.76. The van der Waals surface area contributed by atoms with Gasteiger partial charge >= 0.3 is 7.32 Å². The maximum atomic E-state index is 8.45. The van der Waals surface area contributed by atoms with Crippen molar-refractivity contribution < 1.29 is 19.4 Å². The van der Waals surface area contributed by atoms with Crippen molar-refractivity contribution in [1.29, 1.82) is 0 Å². The second-order valence-electron chi connectivity index (χ2n) is 1.84. The molecule has 0 aliphatic heterocycles. The van der Waals surface area contributed by atoms with Gasteiger partial charge in [-0.25, -0.2) is 4.98 Å². The quantitative estimate of drug-likeness (QED) is 0.556. The van der Waals surface area contributed by atoms with E-state index in [1.54, 1.807) is 0 Å². The van der Waals surface area contributed by atoms with E-state index in [4.69, 9.17) is 14.8 Å². The fourth-order valence-corrected chi connectivity index (χ4v) is 0.653. The van der Waals surface area contributed by atoms with Crippen LogP contribution in [0, 0.1) is 0 Å². The number of aromatic nitrogens is 2. The Hall–Kier alpha value is -1.34. The molecular formula is C5H7BN2O4. The molecule has 0 saturated heterocycles. The van der Waals surface area contributed by atoms with E-state index < -0.39 is 7.32 Å². The predicted octanol–water partition coefficient (Wildman–Crippen LogP) is -1.17. The molecule has 0 unspecified atom stereocenters. The largest absolute Gasteiger partial charge is 0.707 e. The van der Waals surface area contributed by atoms with E-state index in [2.05, 4.69) is 14.6 Å². The molecule has 1 heterocycles. The lowest BCUT2D eigenvalue weighted by Crippen LogP contribution is -2.21. The molecule has 2 N–H and O–H groups in total. The van der Waals surface area contributed by atoms with E-state index in [9.17, 15) is 0 Å². The van der Waals surface area contributed by atoms with Crippen molar-refractivity contribution in [3.05, 3.63) is 12.5 Å². The van der Waals surface area contributed by atoms with Crippen LogP contribution in [-0.2, 0) is 0 Å². The number of rotatable bonds is 3. The number of nitrogens with zero attached hydrogens (tertiary/aromatic N) is 2. The van der Waals surface area contributed by atoms with Gasteiger partial charge in [0.15, 0.2) is 5.75 Å². The third-order valence-corrected chi connectivity index (χ3v) is 1.07. The number of methoxy groups -OCH3 is 1. The van der Waals surface area contributed by atoms with Crippen LogP contribution in [0.1, 0.15) is 0 Å². The number of hydrogen-bond acceptors (Lipinski definition) is 6. The SMILES string of the molecule is COc1ncncc1OB(O)O. The van der Waals surface area contributed by atoms with Gasteiger partial charge in [0, 0.05) is 0 Å². The van der Waals surface area contributed by atoms with Gasteiger partial charge in [0.25, 0.3) is 5.88 Å². The van der Waals surface area contributed by atoms with Crippen LogP contribution < -0.4 is 9.39 Å². The van der Waals surface area contributed by atoms with E-state index >= 15 is 0 Å². The molecule has 1 rings (SSSR count). The molecule has 0 fully saturated rings. The van der Waals surface area contributed by atoms with Crippen molar-refractivity contribution in [3.8, 4) is 11.6 Å². The Morgan fingerprint density at radius 2 is 2.25 bits per heavy atom. The summed E-state index contributed by atoms with van der Waals surface area (Å²) in [6.07, 6.45) is 2.53. The third-order valence-electron chi connectivity index (χ3n) is 1.07. The van der Waals surface area contributed by atoms with Crippen LogP contribution in [0.3, 0.4) is 0 Å². The second-order valence-corrected chi connectivity index (χ2v) is 1.84. The highest BCUT2D eigenvalue weighted by atomic mass is 16.6. The fourth-order valence-electron chi connectivity index (χ4n) is 0.653. The molecular weight excluding hydrogens is 163 g/mol. The zero-order chi connectivity index (χ0) is 8.97. The lowest BCUT2D eigenvalue weighted by molar-refractivity contribution is 0.276. The van der Waals surface area contributed by atoms with Gasteiger partial charge in [-0.3, -0.25) is 0 Å². The minimum atomic E-state index is -1.90. The molecule has 0 spiro atoms. The van der Waals surface area contributed by atoms with E-state index in [0.717, 1.165) is 0 Å². The zero-order valence-electron chi connectivity index (χ0n) is 6.34. The minimum Gasteiger partial charge on any atom is -0.507 e. The van der Waals surface area contributed by atoms with E-state index in [1.807, 2.05) is 0 Å². The van der Waals surface area contributed by atoms with E-state index in [-0.39, 0.29) is 11.6 Å². The average Bonchev–Trinajstić information content (AvgIpc) is 2.04. The van der Waals surface area contributed by atoms with Crippen LogP contribution in [0.25, 0.3) is 0 Å². The topological polar surface area (TPSA) is 84.7 Å². The van der Waals surface area contributed by atoms with Crippen LogP contribution in [0.4, 0.5) is 0 Å². The molecule has 7 heteroatoms. The van der Waals surface area contributed by atoms with E-state index in [0.29, 0.717) is 0 Å². The van der Waals surface area contributed by atoms with Gasteiger partial charge in [-0.05, 0) is 0 Å². The van der Waals surface area contributed by atoms with Crippen LogP contribution in [0.5, 0.6) is 11.6 Å². The second kappa shape index (κ2) is 3.89. The highest BCUT2D eigenvalue weighted by molar-refractivity contribution is 6.33. The van der Waals surface area contributed by atoms with Gasteiger partial charge in [-0.1, -0.05) is 0 Å². The van der Waals surface area contributed by atoms with Gasteiger partial charge in [0.05, 0.1) is 13.3 Å². The van der Waals surface area contributed by atoms with Crippen molar-refractivity contribution in [2.75, 3.05) is 7.11 Å². The summed E-state index contributed by atoms with van der Waals surface area (Å²) in [5, 5.41) is 16.9. The highest BCUT2D eigenvalue weighted by Gasteiger charge is 2.15. The monoisotopic (exact) mass is 170 g/mol. The van der Waals surface area contributed by atoms with Crippen molar-refractivity contribution in [3.63, 3.8) is 0 Å². The third kappa shape index (κ3) is 2.07. The van der Waals surface area contributed by atoms with Crippen molar-refractivity contribution >= 4 is 7.32 Å². The average molecular weight is 170 g/mol. The lowest BCUT2D eigenvalue weighted by Gasteiger charge is -2.06. The van der Waals surface area contributed by atoms with Crippen molar-refractivity contribution in [2.45, 2.75) is 0 Å². The van der Waals surface area contributed by atoms with Crippen LogP contribution in [0.2, 0.25) is 0 Å². The molecule has 1 aromatic rings. The summed E-state index contributed by atoms with van der Waals surface area (Å²) < 4.78 is 9.25. The van der Waals surface area contributed by atoms with Crippen molar-refractivity contribution in [1.82, 2.24) is 9.97 Å². The molecule has 0 aromatic carbocycles.